The standard InChI is InChI=1S/C18H19N3O3/c1-19-18(23)13-24-16-7-3-2-6-15(16)8-9-17(22)21-12-14-5-4-10-20-11-14/h2-11H,12-13H2,1H3,(H,19,23)(H,21,22). The summed E-state index contributed by atoms with van der Waals surface area (Å²) in [6.45, 7) is 0.334. The van der Waals surface area contributed by atoms with Crippen LogP contribution in [0.4, 0.5) is 0 Å². The SMILES string of the molecule is CNC(=O)COc1ccccc1C=CC(=O)NCc1cccnc1. The number of pyridine rings is 1. The highest BCUT2D eigenvalue weighted by Gasteiger charge is 2.04. The van der Waals surface area contributed by atoms with Crippen molar-refractivity contribution in [3.05, 3.63) is 66.0 Å². The van der Waals surface area contributed by atoms with Crippen LogP contribution in [0.1, 0.15) is 11.1 Å². The highest BCUT2D eigenvalue weighted by molar-refractivity contribution is 5.92. The highest BCUT2D eigenvalue weighted by atomic mass is 16.5. The van der Waals surface area contributed by atoms with E-state index in [4.69, 9.17) is 4.74 Å². The smallest absolute Gasteiger partial charge is 0.257 e. The van der Waals surface area contributed by atoms with E-state index in [-0.39, 0.29) is 18.4 Å². The van der Waals surface area contributed by atoms with Crippen LogP contribution in [-0.2, 0) is 16.1 Å². The number of nitrogens with one attached hydrogen (secondary N) is 2. The lowest BCUT2D eigenvalue weighted by Crippen LogP contribution is -2.25. The Morgan fingerprint density at radius 2 is 2.04 bits per heavy atom. The molecule has 2 N–H and O–H groups in total. The van der Waals surface area contributed by atoms with Crippen molar-refractivity contribution in [2.75, 3.05) is 13.7 Å². The van der Waals surface area contributed by atoms with Crippen LogP contribution in [0.2, 0.25) is 0 Å². The van der Waals surface area contributed by atoms with Crippen LogP contribution in [0.25, 0.3) is 6.08 Å². The number of hydrogen-bond donors (Lipinski definition) is 2. The molecule has 0 unspecified atom stereocenters. The van der Waals surface area contributed by atoms with E-state index in [2.05, 4.69) is 15.6 Å². The first-order chi connectivity index (χ1) is 11.7. The lowest BCUT2D eigenvalue weighted by Gasteiger charge is -2.08. The maximum atomic E-state index is 11.9. The predicted molar refractivity (Wildman–Crippen MR) is 91.1 cm³/mol. The fraction of sp³-hybridized carbons (Fsp3) is 0.167. The summed E-state index contributed by atoms with van der Waals surface area (Å²) in [6, 6.07) is 10.9. The summed E-state index contributed by atoms with van der Waals surface area (Å²) in [7, 11) is 1.55. The van der Waals surface area contributed by atoms with Crippen molar-refractivity contribution in [1.82, 2.24) is 15.6 Å². The van der Waals surface area contributed by atoms with Gasteiger partial charge in [-0.2, -0.15) is 0 Å². The Morgan fingerprint density at radius 3 is 2.79 bits per heavy atom. The maximum Gasteiger partial charge on any atom is 0.257 e. The lowest BCUT2D eigenvalue weighted by atomic mass is 10.2. The first-order valence-electron chi connectivity index (χ1n) is 7.46. The Morgan fingerprint density at radius 1 is 1.21 bits per heavy atom. The lowest BCUT2D eigenvalue weighted by molar-refractivity contribution is -0.122. The Hall–Kier alpha value is -3.15. The van der Waals surface area contributed by atoms with Gasteiger partial charge < -0.3 is 15.4 Å². The second kappa shape index (κ2) is 9.09. The first kappa shape index (κ1) is 17.2. The molecule has 0 fully saturated rings. The van der Waals surface area contributed by atoms with Crippen molar-refractivity contribution >= 4 is 17.9 Å². The zero-order valence-corrected chi connectivity index (χ0v) is 13.4. The van der Waals surface area contributed by atoms with Gasteiger partial charge in [0.1, 0.15) is 5.75 Å². The molecule has 124 valence electrons. The molecule has 2 rings (SSSR count). The van der Waals surface area contributed by atoms with Crippen molar-refractivity contribution in [2.24, 2.45) is 0 Å². The van der Waals surface area contributed by atoms with Crippen molar-refractivity contribution in [3.63, 3.8) is 0 Å². The van der Waals surface area contributed by atoms with Crippen molar-refractivity contribution in [1.29, 1.82) is 0 Å². The second-order valence-electron chi connectivity index (χ2n) is 4.91. The molecule has 6 heteroatoms. The molecule has 1 aromatic carbocycles. The minimum atomic E-state index is -0.222. The Bertz CT molecular complexity index is 714. The van der Waals surface area contributed by atoms with Crippen LogP contribution in [0.5, 0.6) is 5.75 Å². The fourth-order valence-corrected chi connectivity index (χ4v) is 1.88. The van der Waals surface area contributed by atoms with Gasteiger partial charge in [0.2, 0.25) is 5.91 Å². The minimum Gasteiger partial charge on any atom is -0.483 e. The molecule has 0 saturated carbocycles. The summed E-state index contributed by atoms with van der Waals surface area (Å²) < 4.78 is 5.45. The average molecular weight is 325 g/mol. The third-order valence-corrected chi connectivity index (χ3v) is 3.16. The van der Waals surface area contributed by atoms with Gasteiger partial charge in [0.25, 0.3) is 5.91 Å². The third-order valence-electron chi connectivity index (χ3n) is 3.16. The summed E-state index contributed by atoms with van der Waals surface area (Å²) in [5.74, 6) is 0.0976. The number of para-hydroxylation sites is 1. The number of carbonyl (C=O) groups is 2. The molecule has 0 aliphatic heterocycles. The number of carbonyl (C=O) groups excluding carboxylic acids is 2. The van der Waals surface area contributed by atoms with Gasteiger partial charge in [0.15, 0.2) is 6.61 Å². The van der Waals surface area contributed by atoms with Crippen LogP contribution >= 0.6 is 0 Å². The molecule has 0 aliphatic rings. The molecular weight excluding hydrogens is 306 g/mol. The Labute approximate surface area is 140 Å². The van der Waals surface area contributed by atoms with Gasteiger partial charge in [0, 0.05) is 37.6 Å². The zero-order chi connectivity index (χ0) is 17.2. The van der Waals surface area contributed by atoms with E-state index in [0.29, 0.717) is 12.3 Å². The van der Waals surface area contributed by atoms with Gasteiger partial charge in [0.05, 0.1) is 0 Å². The van der Waals surface area contributed by atoms with Crippen LogP contribution in [0.3, 0.4) is 0 Å². The first-order valence-corrected chi connectivity index (χ1v) is 7.46. The minimum absolute atomic E-state index is 0.0748. The van der Waals surface area contributed by atoms with Crippen LogP contribution in [0.15, 0.2) is 54.9 Å². The maximum absolute atomic E-state index is 11.9. The molecule has 0 aliphatic carbocycles. The van der Waals surface area contributed by atoms with Crippen LogP contribution in [-0.4, -0.2) is 30.5 Å². The third kappa shape index (κ3) is 5.57. The number of benzene rings is 1. The number of ether oxygens (including phenoxy) is 1. The van der Waals surface area contributed by atoms with Gasteiger partial charge in [-0.3, -0.25) is 14.6 Å². The second-order valence-corrected chi connectivity index (χ2v) is 4.91. The number of likely N-dealkylation sites (N-methyl/N-ethyl adjacent to an activating group) is 1. The molecule has 2 amide bonds. The summed E-state index contributed by atoms with van der Waals surface area (Å²) in [5.41, 5.74) is 1.64. The molecule has 1 aromatic heterocycles. The largest absolute Gasteiger partial charge is 0.483 e. The number of hydrogen-bond acceptors (Lipinski definition) is 4. The van der Waals surface area contributed by atoms with E-state index < -0.39 is 0 Å². The van der Waals surface area contributed by atoms with E-state index >= 15 is 0 Å². The van der Waals surface area contributed by atoms with Gasteiger partial charge in [-0.1, -0.05) is 24.3 Å². The summed E-state index contributed by atoms with van der Waals surface area (Å²) in [5, 5.41) is 5.26. The molecule has 0 bridgehead atoms. The van der Waals surface area contributed by atoms with Gasteiger partial charge in [-0.25, -0.2) is 0 Å². The predicted octanol–water partition coefficient (Wildman–Crippen LogP) is 1.54. The Balaban J connectivity index is 1.93. The average Bonchev–Trinajstić information content (AvgIpc) is 2.64. The molecule has 0 radical (unpaired) electrons. The van der Waals surface area contributed by atoms with E-state index in [1.54, 1.807) is 37.7 Å². The number of amides is 2. The summed E-state index contributed by atoms with van der Waals surface area (Å²) in [6.07, 6.45) is 6.46. The fourth-order valence-electron chi connectivity index (χ4n) is 1.88. The summed E-state index contributed by atoms with van der Waals surface area (Å²) >= 11 is 0. The summed E-state index contributed by atoms with van der Waals surface area (Å²) in [4.78, 5) is 27.1. The van der Waals surface area contributed by atoms with E-state index in [1.165, 1.54) is 6.08 Å². The highest BCUT2D eigenvalue weighted by Crippen LogP contribution is 2.19. The van der Waals surface area contributed by atoms with Gasteiger partial charge in [-0.05, 0) is 23.8 Å². The van der Waals surface area contributed by atoms with Gasteiger partial charge >= 0.3 is 0 Å². The number of nitrogens with zero attached hydrogens (tertiary/aromatic N) is 1. The topological polar surface area (TPSA) is 80.3 Å². The van der Waals surface area contributed by atoms with E-state index in [0.717, 1.165) is 11.1 Å². The molecule has 0 spiro atoms. The quantitative estimate of drug-likeness (QED) is 0.757. The zero-order valence-electron chi connectivity index (χ0n) is 13.4. The molecule has 6 nitrogen and oxygen atoms in total. The van der Waals surface area contributed by atoms with Crippen molar-refractivity contribution in [2.45, 2.75) is 6.54 Å². The number of rotatable bonds is 7. The van der Waals surface area contributed by atoms with E-state index in [1.807, 2.05) is 24.3 Å². The molecule has 2 aromatic rings. The number of aromatic nitrogens is 1. The molecule has 0 atom stereocenters. The van der Waals surface area contributed by atoms with Crippen molar-refractivity contribution in [3.8, 4) is 5.75 Å². The normalized spacial score (nSPS) is 10.4. The van der Waals surface area contributed by atoms with Crippen LogP contribution < -0.4 is 15.4 Å². The van der Waals surface area contributed by atoms with Crippen molar-refractivity contribution < 1.29 is 14.3 Å². The van der Waals surface area contributed by atoms with Crippen LogP contribution in [0, 0.1) is 0 Å². The molecule has 1 heterocycles. The van der Waals surface area contributed by atoms with Gasteiger partial charge in [-0.15, -0.1) is 0 Å². The molecular formula is C18H19N3O3. The van der Waals surface area contributed by atoms with E-state index in [9.17, 15) is 9.59 Å². The Kier molecular flexibility index (Phi) is 6.52. The monoisotopic (exact) mass is 325 g/mol. The molecule has 0 saturated heterocycles. The molecule has 24 heavy (non-hydrogen) atoms.